The Bertz CT molecular complexity index is 959. The number of hydrogen-bond acceptors (Lipinski definition) is 4. The molecule has 0 bridgehead atoms. The molecule has 0 fully saturated rings. The third-order valence-electron chi connectivity index (χ3n) is 5.24. The molecule has 2 aromatic carbocycles. The van der Waals surface area contributed by atoms with Gasteiger partial charge in [-0.15, -0.1) is 0 Å². The van der Waals surface area contributed by atoms with Crippen LogP contribution in [0.5, 0.6) is 0 Å². The van der Waals surface area contributed by atoms with Gasteiger partial charge in [0.25, 0.3) is 0 Å². The van der Waals surface area contributed by atoms with Crippen LogP contribution >= 0.6 is 0 Å². The van der Waals surface area contributed by atoms with Gasteiger partial charge in [0, 0.05) is 30.5 Å². The zero-order valence-electron chi connectivity index (χ0n) is 17.3. The smallest absolute Gasteiger partial charge is 0.246 e. The van der Waals surface area contributed by atoms with Crippen molar-refractivity contribution in [2.24, 2.45) is 0 Å². The second-order valence-corrected chi connectivity index (χ2v) is 9.73. The van der Waals surface area contributed by atoms with Crippen molar-refractivity contribution in [1.82, 2.24) is 4.31 Å². The summed E-state index contributed by atoms with van der Waals surface area (Å²) in [7, 11) is -3.20. The van der Waals surface area contributed by atoms with E-state index in [2.05, 4.69) is 5.32 Å². The zero-order chi connectivity index (χ0) is 21.0. The first-order valence-corrected chi connectivity index (χ1v) is 11.6. The van der Waals surface area contributed by atoms with Crippen LogP contribution in [0.15, 0.2) is 48.5 Å². The molecule has 1 N–H and O–H groups in total. The van der Waals surface area contributed by atoms with Crippen LogP contribution in [0.3, 0.4) is 0 Å². The Morgan fingerprint density at radius 2 is 1.86 bits per heavy atom. The summed E-state index contributed by atoms with van der Waals surface area (Å²) < 4.78 is 25.9. The van der Waals surface area contributed by atoms with Gasteiger partial charge in [-0.25, -0.2) is 8.42 Å². The van der Waals surface area contributed by atoms with Crippen molar-refractivity contribution >= 4 is 27.3 Å². The number of fused-ring (bicyclic) bond motifs is 1. The maximum atomic E-state index is 12.9. The number of hydrogen-bond donors (Lipinski definition) is 1. The lowest BCUT2D eigenvalue weighted by Crippen LogP contribution is -2.41. The summed E-state index contributed by atoms with van der Waals surface area (Å²) in [6.07, 6.45) is 0.637. The molecule has 1 aliphatic rings. The van der Waals surface area contributed by atoms with Gasteiger partial charge < -0.3 is 10.2 Å². The van der Waals surface area contributed by atoms with Crippen molar-refractivity contribution in [2.75, 3.05) is 29.1 Å². The van der Waals surface area contributed by atoms with Crippen LogP contribution in [0.1, 0.15) is 31.9 Å². The number of carbonyl (C=O) groups is 1. The topological polar surface area (TPSA) is 69.7 Å². The van der Waals surface area contributed by atoms with E-state index in [9.17, 15) is 13.2 Å². The summed E-state index contributed by atoms with van der Waals surface area (Å²) in [5.41, 5.74) is 3.87. The number of rotatable bonds is 7. The van der Waals surface area contributed by atoms with Crippen LogP contribution in [0, 0.1) is 0 Å². The molecular formula is C22H29N3O3S. The fourth-order valence-corrected chi connectivity index (χ4v) is 4.81. The fraction of sp³-hybridized carbons (Fsp3) is 0.409. The van der Waals surface area contributed by atoms with Crippen LogP contribution in [0.4, 0.5) is 11.4 Å². The molecular weight excluding hydrogens is 386 g/mol. The first-order valence-electron chi connectivity index (χ1n) is 10.0. The minimum absolute atomic E-state index is 0.00482. The van der Waals surface area contributed by atoms with E-state index in [0.29, 0.717) is 19.5 Å². The summed E-state index contributed by atoms with van der Waals surface area (Å²) in [5.74, 6) is 0.106. The van der Waals surface area contributed by atoms with E-state index in [1.165, 1.54) is 0 Å². The number of para-hydroxylation sites is 1. The van der Waals surface area contributed by atoms with Crippen LogP contribution < -0.4 is 10.2 Å². The maximum absolute atomic E-state index is 12.9. The maximum Gasteiger partial charge on any atom is 0.246 e. The molecule has 0 unspecified atom stereocenters. The number of anilines is 2. The van der Waals surface area contributed by atoms with Gasteiger partial charge in [-0.05, 0) is 56.5 Å². The molecule has 0 radical (unpaired) electrons. The SMILES string of the molecule is CCS(=O)(=O)N1CCc2c(cccc2NCC(=O)N(c2ccccc2)C(C)C)C1. The summed E-state index contributed by atoms with van der Waals surface area (Å²) in [6.45, 7) is 6.70. The largest absolute Gasteiger partial charge is 0.376 e. The predicted molar refractivity (Wildman–Crippen MR) is 118 cm³/mol. The van der Waals surface area contributed by atoms with Gasteiger partial charge in [-0.1, -0.05) is 30.3 Å². The van der Waals surface area contributed by atoms with Gasteiger partial charge in [-0.2, -0.15) is 4.31 Å². The summed E-state index contributed by atoms with van der Waals surface area (Å²) in [5, 5.41) is 3.29. The molecule has 0 atom stereocenters. The molecule has 1 heterocycles. The van der Waals surface area contributed by atoms with Crippen molar-refractivity contribution < 1.29 is 13.2 Å². The minimum Gasteiger partial charge on any atom is -0.376 e. The number of benzene rings is 2. The van der Waals surface area contributed by atoms with Crippen molar-refractivity contribution in [3.63, 3.8) is 0 Å². The average Bonchev–Trinajstić information content (AvgIpc) is 2.72. The molecule has 2 aromatic rings. The van der Waals surface area contributed by atoms with Crippen LogP contribution in [-0.2, 0) is 27.8 Å². The van der Waals surface area contributed by atoms with Crippen molar-refractivity contribution in [3.8, 4) is 0 Å². The second-order valence-electron chi connectivity index (χ2n) is 7.47. The van der Waals surface area contributed by atoms with E-state index in [4.69, 9.17) is 0 Å². The van der Waals surface area contributed by atoms with E-state index in [1.54, 1.807) is 16.1 Å². The number of nitrogens with one attached hydrogen (secondary N) is 1. The standard InChI is InChI=1S/C22H29N3O3S/c1-4-29(27,28)24-14-13-20-18(16-24)9-8-12-21(20)23-15-22(26)25(17(2)3)19-10-6-5-7-11-19/h5-12,17,23H,4,13-16H2,1-3H3. The Morgan fingerprint density at radius 3 is 2.52 bits per heavy atom. The lowest BCUT2D eigenvalue weighted by molar-refractivity contribution is -0.117. The zero-order valence-corrected chi connectivity index (χ0v) is 18.1. The van der Waals surface area contributed by atoms with Gasteiger partial charge in [0.15, 0.2) is 0 Å². The average molecular weight is 416 g/mol. The number of nitrogens with zero attached hydrogens (tertiary/aromatic N) is 2. The molecule has 0 aliphatic carbocycles. The first-order chi connectivity index (χ1) is 13.8. The van der Waals surface area contributed by atoms with E-state index in [0.717, 1.165) is 22.5 Å². The van der Waals surface area contributed by atoms with Gasteiger partial charge in [0.2, 0.25) is 15.9 Å². The van der Waals surface area contributed by atoms with E-state index in [-0.39, 0.29) is 24.2 Å². The van der Waals surface area contributed by atoms with Gasteiger partial charge in [0.1, 0.15) is 0 Å². The molecule has 1 amide bonds. The van der Waals surface area contributed by atoms with Crippen molar-refractivity contribution in [3.05, 3.63) is 59.7 Å². The van der Waals surface area contributed by atoms with Crippen molar-refractivity contribution in [1.29, 1.82) is 0 Å². The highest BCUT2D eigenvalue weighted by Gasteiger charge is 2.26. The number of carbonyl (C=O) groups excluding carboxylic acids is 1. The molecule has 0 saturated carbocycles. The Balaban J connectivity index is 1.74. The molecule has 29 heavy (non-hydrogen) atoms. The lowest BCUT2D eigenvalue weighted by Gasteiger charge is -2.30. The summed E-state index contributed by atoms with van der Waals surface area (Å²) >= 11 is 0. The lowest BCUT2D eigenvalue weighted by atomic mass is 9.99. The molecule has 0 saturated heterocycles. The Labute approximate surface area is 173 Å². The third kappa shape index (κ3) is 4.79. The van der Waals surface area contributed by atoms with Gasteiger partial charge in [-0.3, -0.25) is 4.79 Å². The van der Waals surface area contributed by atoms with E-state index < -0.39 is 10.0 Å². The predicted octanol–water partition coefficient (Wildman–Crippen LogP) is 3.25. The fourth-order valence-electron chi connectivity index (χ4n) is 3.74. The molecule has 0 spiro atoms. The number of amides is 1. The molecule has 6 nitrogen and oxygen atoms in total. The second kappa shape index (κ2) is 8.97. The molecule has 3 rings (SSSR count). The highest BCUT2D eigenvalue weighted by atomic mass is 32.2. The highest BCUT2D eigenvalue weighted by Crippen LogP contribution is 2.28. The summed E-state index contributed by atoms with van der Waals surface area (Å²) in [4.78, 5) is 14.7. The summed E-state index contributed by atoms with van der Waals surface area (Å²) in [6, 6.07) is 15.5. The molecule has 7 heteroatoms. The normalized spacial score (nSPS) is 14.5. The first kappa shape index (κ1) is 21.3. The van der Waals surface area contributed by atoms with E-state index >= 15 is 0 Å². The minimum atomic E-state index is -3.20. The monoisotopic (exact) mass is 415 g/mol. The van der Waals surface area contributed by atoms with Crippen LogP contribution in [0.2, 0.25) is 0 Å². The van der Waals surface area contributed by atoms with Gasteiger partial charge >= 0.3 is 0 Å². The Hall–Kier alpha value is -2.38. The molecule has 0 aromatic heterocycles. The third-order valence-corrected chi connectivity index (χ3v) is 7.07. The molecule has 1 aliphatic heterocycles. The van der Waals surface area contributed by atoms with Gasteiger partial charge in [0.05, 0.1) is 12.3 Å². The van der Waals surface area contributed by atoms with E-state index in [1.807, 2.05) is 62.4 Å². The van der Waals surface area contributed by atoms with Crippen LogP contribution in [-0.4, -0.2) is 43.5 Å². The van der Waals surface area contributed by atoms with Crippen molar-refractivity contribution in [2.45, 2.75) is 39.8 Å². The Kier molecular flexibility index (Phi) is 6.59. The van der Waals surface area contributed by atoms with Crippen LogP contribution in [0.25, 0.3) is 0 Å². The highest BCUT2D eigenvalue weighted by molar-refractivity contribution is 7.89. The Morgan fingerprint density at radius 1 is 1.14 bits per heavy atom. The quantitative estimate of drug-likeness (QED) is 0.754. The number of sulfonamides is 1. The molecule has 156 valence electrons.